The Morgan fingerprint density at radius 2 is 2.09 bits per heavy atom. The number of hydrogen-bond acceptors (Lipinski definition) is 3. The standard InChI is InChI=1S/C7H5FN2S/c8-7-9-4-6(5-10-7)2-1-3-11/h4-5,11H,3H2. The lowest BCUT2D eigenvalue weighted by Gasteiger charge is -1.86. The van der Waals surface area contributed by atoms with E-state index in [-0.39, 0.29) is 0 Å². The second kappa shape index (κ2) is 3.94. The van der Waals surface area contributed by atoms with Crippen molar-refractivity contribution in [2.45, 2.75) is 0 Å². The SMILES string of the molecule is Fc1ncc(C#CCS)cn1. The van der Waals surface area contributed by atoms with Crippen LogP contribution in [0.3, 0.4) is 0 Å². The Kier molecular flexibility index (Phi) is 2.87. The van der Waals surface area contributed by atoms with Crippen LogP contribution in [-0.2, 0) is 0 Å². The molecule has 0 bridgehead atoms. The molecular weight excluding hydrogens is 163 g/mol. The highest BCUT2D eigenvalue weighted by Crippen LogP contribution is 1.91. The summed E-state index contributed by atoms with van der Waals surface area (Å²) in [5.74, 6) is 5.87. The van der Waals surface area contributed by atoms with E-state index in [0.29, 0.717) is 11.3 Å². The molecule has 0 saturated carbocycles. The summed E-state index contributed by atoms with van der Waals surface area (Å²) in [6, 6.07) is 0. The fourth-order valence-electron chi connectivity index (χ4n) is 0.518. The fourth-order valence-corrected chi connectivity index (χ4v) is 0.597. The second-order valence-electron chi connectivity index (χ2n) is 1.70. The van der Waals surface area contributed by atoms with E-state index in [4.69, 9.17) is 0 Å². The van der Waals surface area contributed by atoms with Gasteiger partial charge in [-0.2, -0.15) is 17.0 Å². The second-order valence-corrected chi connectivity index (χ2v) is 2.02. The molecule has 0 aromatic carbocycles. The quantitative estimate of drug-likeness (QED) is 0.354. The molecular formula is C7H5FN2S. The van der Waals surface area contributed by atoms with Gasteiger partial charge < -0.3 is 0 Å². The first kappa shape index (κ1) is 8.02. The number of hydrogen-bond donors (Lipinski definition) is 1. The summed E-state index contributed by atoms with van der Waals surface area (Å²) in [5, 5.41) is 0. The van der Waals surface area contributed by atoms with Crippen molar-refractivity contribution < 1.29 is 4.39 Å². The number of thiol groups is 1. The van der Waals surface area contributed by atoms with Crippen molar-refractivity contribution in [1.82, 2.24) is 9.97 Å². The van der Waals surface area contributed by atoms with Crippen LogP contribution in [0.25, 0.3) is 0 Å². The van der Waals surface area contributed by atoms with E-state index in [1.807, 2.05) is 0 Å². The molecule has 0 atom stereocenters. The largest absolute Gasteiger partial charge is 0.308 e. The first-order valence-electron chi connectivity index (χ1n) is 2.90. The van der Waals surface area contributed by atoms with Crippen molar-refractivity contribution >= 4 is 12.6 Å². The van der Waals surface area contributed by atoms with Crippen molar-refractivity contribution in [3.05, 3.63) is 24.0 Å². The molecule has 0 amide bonds. The molecule has 1 heterocycles. The van der Waals surface area contributed by atoms with Crippen LogP contribution in [0.4, 0.5) is 4.39 Å². The highest BCUT2D eigenvalue weighted by atomic mass is 32.1. The molecule has 0 N–H and O–H groups in total. The van der Waals surface area contributed by atoms with Crippen LogP contribution < -0.4 is 0 Å². The van der Waals surface area contributed by atoms with Gasteiger partial charge in [-0.05, 0) is 0 Å². The summed E-state index contributed by atoms with van der Waals surface area (Å²) in [4.78, 5) is 6.65. The van der Waals surface area contributed by atoms with Crippen molar-refractivity contribution in [2.75, 3.05) is 5.75 Å². The number of rotatable bonds is 0. The van der Waals surface area contributed by atoms with Gasteiger partial charge in [0, 0.05) is 12.4 Å². The summed E-state index contributed by atoms with van der Waals surface area (Å²) < 4.78 is 12.1. The zero-order valence-corrected chi connectivity index (χ0v) is 6.48. The van der Waals surface area contributed by atoms with Crippen molar-refractivity contribution in [3.8, 4) is 11.8 Å². The van der Waals surface area contributed by atoms with Gasteiger partial charge in [-0.25, -0.2) is 9.97 Å². The predicted octanol–water partition coefficient (Wildman–Crippen LogP) is 0.897. The van der Waals surface area contributed by atoms with Gasteiger partial charge in [-0.3, -0.25) is 0 Å². The van der Waals surface area contributed by atoms with E-state index in [2.05, 4.69) is 34.4 Å². The van der Waals surface area contributed by atoms with Crippen LogP contribution in [0, 0.1) is 17.9 Å². The maximum absolute atomic E-state index is 12.1. The maximum Gasteiger partial charge on any atom is 0.308 e. The Labute approximate surface area is 69.3 Å². The van der Waals surface area contributed by atoms with Crippen LogP contribution in [0.15, 0.2) is 12.4 Å². The average molecular weight is 168 g/mol. The Morgan fingerprint density at radius 3 is 2.64 bits per heavy atom. The summed E-state index contributed by atoms with van der Waals surface area (Å²) >= 11 is 3.88. The third kappa shape index (κ3) is 2.56. The van der Waals surface area contributed by atoms with Crippen molar-refractivity contribution in [3.63, 3.8) is 0 Å². The highest BCUT2D eigenvalue weighted by molar-refractivity contribution is 7.80. The summed E-state index contributed by atoms with van der Waals surface area (Å²) in [6.07, 6.45) is 1.93. The molecule has 1 aromatic heterocycles. The van der Waals surface area contributed by atoms with Crippen LogP contribution in [0.1, 0.15) is 5.56 Å². The van der Waals surface area contributed by atoms with Gasteiger partial charge in [-0.1, -0.05) is 11.8 Å². The van der Waals surface area contributed by atoms with E-state index in [9.17, 15) is 4.39 Å². The fraction of sp³-hybridized carbons (Fsp3) is 0.143. The monoisotopic (exact) mass is 168 g/mol. The lowest BCUT2D eigenvalue weighted by Crippen LogP contribution is -1.87. The van der Waals surface area contributed by atoms with Gasteiger partial charge in [0.15, 0.2) is 0 Å². The van der Waals surface area contributed by atoms with Crippen LogP contribution in [0.2, 0.25) is 0 Å². The van der Waals surface area contributed by atoms with Gasteiger partial charge >= 0.3 is 6.08 Å². The van der Waals surface area contributed by atoms with Gasteiger partial charge in [0.2, 0.25) is 0 Å². The zero-order valence-electron chi connectivity index (χ0n) is 5.58. The van der Waals surface area contributed by atoms with Crippen LogP contribution in [-0.4, -0.2) is 15.7 Å². The van der Waals surface area contributed by atoms with Gasteiger partial charge in [0.25, 0.3) is 0 Å². The molecule has 1 aromatic rings. The van der Waals surface area contributed by atoms with E-state index < -0.39 is 6.08 Å². The minimum atomic E-state index is -0.735. The number of halogens is 1. The molecule has 4 heteroatoms. The molecule has 56 valence electrons. The normalized spacial score (nSPS) is 8.55. The van der Waals surface area contributed by atoms with Gasteiger partial charge in [0.1, 0.15) is 0 Å². The van der Waals surface area contributed by atoms with E-state index in [1.54, 1.807) is 0 Å². The molecule has 0 aliphatic heterocycles. The molecule has 0 fully saturated rings. The third-order valence-corrected chi connectivity index (χ3v) is 1.09. The van der Waals surface area contributed by atoms with Crippen LogP contribution >= 0.6 is 12.6 Å². The van der Waals surface area contributed by atoms with E-state index >= 15 is 0 Å². The first-order valence-corrected chi connectivity index (χ1v) is 3.53. The molecule has 11 heavy (non-hydrogen) atoms. The molecule has 1 rings (SSSR count). The molecule has 0 unspecified atom stereocenters. The van der Waals surface area contributed by atoms with E-state index in [0.717, 1.165) is 0 Å². The van der Waals surface area contributed by atoms with Crippen LogP contribution in [0.5, 0.6) is 0 Å². The summed E-state index contributed by atoms with van der Waals surface area (Å²) in [5.41, 5.74) is 0.598. The zero-order chi connectivity index (χ0) is 8.10. The Balaban J connectivity index is 2.82. The summed E-state index contributed by atoms with van der Waals surface area (Å²) in [7, 11) is 0. The van der Waals surface area contributed by atoms with Crippen molar-refractivity contribution in [2.24, 2.45) is 0 Å². The topological polar surface area (TPSA) is 25.8 Å². The predicted molar refractivity (Wildman–Crippen MR) is 42.7 cm³/mol. The molecule has 0 aliphatic rings. The first-order chi connectivity index (χ1) is 5.33. The lowest BCUT2D eigenvalue weighted by molar-refractivity contribution is 0.538. The molecule has 0 aliphatic carbocycles. The number of nitrogens with zero attached hydrogens (tertiary/aromatic N) is 2. The smallest absolute Gasteiger partial charge is 0.209 e. The maximum atomic E-state index is 12.1. The Hall–Kier alpha value is -1.08. The minimum absolute atomic E-state index is 0.470. The lowest BCUT2D eigenvalue weighted by atomic mass is 10.3. The molecule has 0 spiro atoms. The summed E-state index contributed by atoms with van der Waals surface area (Å²) in [6.45, 7) is 0. The van der Waals surface area contributed by atoms with Gasteiger partial charge in [0.05, 0.1) is 11.3 Å². The Morgan fingerprint density at radius 1 is 1.45 bits per heavy atom. The third-order valence-electron chi connectivity index (χ3n) is 0.932. The van der Waals surface area contributed by atoms with E-state index in [1.165, 1.54) is 12.4 Å². The highest BCUT2D eigenvalue weighted by Gasteiger charge is 1.89. The molecule has 2 nitrogen and oxygen atoms in total. The number of aromatic nitrogens is 2. The molecule has 0 saturated heterocycles. The Bertz CT molecular complexity index is 286. The molecule has 0 radical (unpaired) electrons. The minimum Gasteiger partial charge on any atom is -0.209 e. The van der Waals surface area contributed by atoms with Crippen molar-refractivity contribution in [1.29, 1.82) is 0 Å². The average Bonchev–Trinajstić information content (AvgIpc) is 2.04. The van der Waals surface area contributed by atoms with Gasteiger partial charge in [-0.15, -0.1) is 0 Å².